The lowest BCUT2D eigenvalue weighted by atomic mass is 10.0. The Kier molecular flexibility index (Phi) is 5.08. The molecule has 1 aromatic carbocycles. The second kappa shape index (κ2) is 7.02. The van der Waals surface area contributed by atoms with E-state index in [-0.39, 0.29) is 30.3 Å². The van der Waals surface area contributed by atoms with Gasteiger partial charge in [-0.05, 0) is 37.0 Å². The Bertz CT molecular complexity index is 616. The van der Waals surface area contributed by atoms with E-state index in [0.717, 1.165) is 5.56 Å². The van der Waals surface area contributed by atoms with Crippen molar-refractivity contribution in [3.05, 3.63) is 23.5 Å². The highest BCUT2D eigenvalue weighted by atomic mass is 19.1. The number of fused-ring (bicyclic) bond motifs is 1. The number of anilines is 2. The molecule has 0 saturated heterocycles. The van der Waals surface area contributed by atoms with E-state index in [4.69, 9.17) is 5.11 Å². The van der Waals surface area contributed by atoms with Crippen LogP contribution in [0.3, 0.4) is 0 Å². The summed E-state index contributed by atoms with van der Waals surface area (Å²) in [7, 11) is 0. The summed E-state index contributed by atoms with van der Waals surface area (Å²) in [6.45, 7) is 0. The van der Waals surface area contributed by atoms with Crippen LogP contribution in [-0.4, -0.2) is 22.9 Å². The van der Waals surface area contributed by atoms with Gasteiger partial charge in [-0.3, -0.25) is 14.4 Å². The number of unbranched alkanes of at least 4 members (excludes halogenated alkanes) is 1. The number of hydrogen-bond donors (Lipinski definition) is 3. The van der Waals surface area contributed by atoms with Crippen LogP contribution in [0.1, 0.15) is 37.7 Å². The number of rotatable bonds is 6. The zero-order valence-corrected chi connectivity index (χ0v) is 11.9. The number of carboxylic acid groups (broad SMARTS) is 1. The van der Waals surface area contributed by atoms with Crippen LogP contribution in [0.25, 0.3) is 0 Å². The van der Waals surface area contributed by atoms with Gasteiger partial charge in [0.25, 0.3) is 0 Å². The molecule has 0 saturated carbocycles. The van der Waals surface area contributed by atoms with Crippen LogP contribution in [0.15, 0.2) is 12.1 Å². The van der Waals surface area contributed by atoms with E-state index in [1.807, 2.05) is 0 Å². The number of carbonyl (C=O) groups is 3. The molecule has 3 N–H and O–H groups in total. The minimum absolute atomic E-state index is 0.0141. The number of halogens is 1. The monoisotopic (exact) mass is 308 g/mol. The number of carboxylic acids is 1. The standard InChI is InChI=1S/C15H17FN2O4/c16-10-8-11-9(5-6-14(20)17-11)7-12(10)18-13(19)3-1-2-4-15(21)22/h7-8H,1-6H2,(H,17,20)(H,18,19)(H,21,22). The van der Waals surface area contributed by atoms with Crippen molar-refractivity contribution < 1.29 is 23.9 Å². The fraction of sp³-hybridized carbons (Fsp3) is 0.400. The molecule has 22 heavy (non-hydrogen) atoms. The molecule has 118 valence electrons. The highest BCUT2D eigenvalue weighted by Crippen LogP contribution is 2.28. The third-order valence-corrected chi connectivity index (χ3v) is 3.41. The third-order valence-electron chi connectivity index (χ3n) is 3.41. The molecule has 0 bridgehead atoms. The maximum absolute atomic E-state index is 13.9. The van der Waals surface area contributed by atoms with Crippen molar-refractivity contribution in [1.29, 1.82) is 0 Å². The van der Waals surface area contributed by atoms with E-state index in [9.17, 15) is 18.8 Å². The fourth-order valence-electron chi connectivity index (χ4n) is 2.27. The molecule has 0 spiro atoms. The predicted octanol–water partition coefficient (Wildman–Crippen LogP) is 2.29. The lowest BCUT2D eigenvalue weighted by molar-refractivity contribution is -0.137. The summed E-state index contributed by atoms with van der Waals surface area (Å²) in [6.07, 6.45) is 1.83. The Labute approximate surface area is 126 Å². The quantitative estimate of drug-likeness (QED) is 0.703. The Hall–Kier alpha value is -2.44. The average molecular weight is 308 g/mol. The van der Waals surface area contributed by atoms with E-state index < -0.39 is 11.8 Å². The molecule has 1 aliphatic heterocycles. The number of amides is 2. The molecule has 0 aliphatic carbocycles. The van der Waals surface area contributed by atoms with Gasteiger partial charge in [0.15, 0.2) is 0 Å². The lowest BCUT2D eigenvalue weighted by Crippen LogP contribution is -2.20. The van der Waals surface area contributed by atoms with Gasteiger partial charge >= 0.3 is 5.97 Å². The largest absolute Gasteiger partial charge is 0.481 e. The SMILES string of the molecule is O=C(O)CCCCC(=O)Nc1cc2c(cc1F)NC(=O)CC2. The first-order valence-corrected chi connectivity index (χ1v) is 7.09. The predicted molar refractivity (Wildman–Crippen MR) is 78.1 cm³/mol. The maximum Gasteiger partial charge on any atom is 0.303 e. The Morgan fingerprint density at radius 1 is 1.23 bits per heavy atom. The molecular weight excluding hydrogens is 291 g/mol. The zero-order valence-electron chi connectivity index (χ0n) is 11.9. The number of aryl methyl sites for hydroxylation is 1. The first-order valence-electron chi connectivity index (χ1n) is 7.09. The molecule has 6 nitrogen and oxygen atoms in total. The van der Waals surface area contributed by atoms with Gasteiger partial charge in [-0.2, -0.15) is 0 Å². The lowest BCUT2D eigenvalue weighted by Gasteiger charge is -2.18. The van der Waals surface area contributed by atoms with Crippen molar-refractivity contribution >= 4 is 29.2 Å². The molecule has 1 aliphatic rings. The highest BCUT2D eigenvalue weighted by Gasteiger charge is 2.18. The van der Waals surface area contributed by atoms with E-state index >= 15 is 0 Å². The summed E-state index contributed by atoms with van der Waals surface area (Å²) >= 11 is 0. The van der Waals surface area contributed by atoms with Crippen LogP contribution in [0.4, 0.5) is 15.8 Å². The summed E-state index contributed by atoms with van der Waals surface area (Å²) in [5.41, 5.74) is 1.30. The van der Waals surface area contributed by atoms with Gasteiger partial charge in [-0.25, -0.2) is 4.39 Å². The molecule has 2 rings (SSSR count). The first kappa shape index (κ1) is 15.9. The second-order valence-electron chi connectivity index (χ2n) is 5.19. The molecule has 1 heterocycles. The third kappa shape index (κ3) is 4.28. The summed E-state index contributed by atoms with van der Waals surface area (Å²) in [6, 6.07) is 2.73. The van der Waals surface area contributed by atoms with Gasteiger partial charge in [-0.15, -0.1) is 0 Å². The van der Waals surface area contributed by atoms with E-state index in [1.54, 1.807) is 0 Å². The molecule has 2 amide bonds. The van der Waals surface area contributed by atoms with E-state index in [0.29, 0.717) is 31.4 Å². The van der Waals surface area contributed by atoms with Crippen molar-refractivity contribution in [1.82, 2.24) is 0 Å². The molecule has 1 aromatic rings. The maximum atomic E-state index is 13.9. The van der Waals surface area contributed by atoms with Crippen LogP contribution < -0.4 is 10.6 Å². The van der Waals surface area contributed by atoms with Gasteiger partial charge in [0, 0.05) is 24.9 Å². The van der Waals surface area contributed by atoms with Crippen LogP contribution >= 0.6 is 0 Å². The minimum Gasteiger partial charge on any atom is -0.481 e. The summed E-state index contributed by atoms with van der Waals surface area (Å²) in [5, 5.41) is 13.6. The molecule has 0 unspecified atom stereocenters. The molecular formula is C15H17FN2O4. The summed E-state index contributed by atoms with van der Waals surface area (Å²) in [4.78, 5) is 33.3. The summed E-state index contributed by atoms with van der Waals surface area (Å²) in [5.74, 6) is -2.02. The van der Waals surface area contributed by atoms with Crippen molar-refractivity contribution in [2.75, 3.05) is 10.6 Å². The molecule has 0 aromatic heterocycles. The normalized spacial score (nSPS) is 13.2. The minimum atomic E-state index is -0.900. The van der Waals surface area contributed by atoms with Crippen LogP contribution in [-0.2, 0) is 20.8 Å². The van der Waals surface area contributed by atoms with Gasteiger partial charge in [0.1, 0.15) is 5.82 Å². The molecule has 7 heteroatoms. The van der Waals surface area contributed by atoms with Gasteiger partial charge in [0.05, 0.1) is 5.69 Å². The van der Waals surface area contributed by atoms with Crippen molar-refractivity contribution in [3.8, 4) is 0 Å². The van der Waals surface area contributed by atoms with Crippen LogP contribution in [0, 0.1) is 5.82 Å². The Morgan fingerprint density at radius 2 is 1.95 bits per heavy atom. The van der Waals surface area contributed by atoms with Crippen LogP contribution in [0.2, 0.25) is 0 Å². The number of aliphatic carboxylic acids is 1. The Morgan fingerprint density at radius 3 is 2.68 bits per heavy atom. The molecule has 0 fully saturated rings. The van der Waals surface area contributed by atoms with Crippen molar-refractivity contribution in [2.45, 2.75) is 38.5 Å². The average Bonchev–Trinajstić information content (AvgIpc) is 2.44. The van der Waals surface area contributed by atoms with Gasteiger partial charge in [0.2, 0.25) is 11.8 Å². The summed E-state index contributed by atoms with van der Waals surface area (Å²) < 4.78 is 13.9. The fourth-order valence-corrected chi connectivity index (χ4v) is 2.27. The number of hydrogen-bond acceptors (Lipinski definition) is 3. The van der Waals surface area contributed by atoms with Crippen LogP contribution in [0.5, 0.6) is 0 Å². The first-order chi connectivity index (χ1) is 10.5. The topological polar surface area (TPSA) is 95.5 Å². The zero-order chi connectivity index (χ0) is 16.1. The second-order valence-corrected chi connectivity index (χ2v) is 5.19. The molecule has 0 atom stereocenters. The smallest absolute Gasteiger partial charge is 0.303 e. The van der Waals surface area contributed by atoms with E-state index in [2.05, 4.69) is 10.6 Å². The number of benzene rings is 1. The number of nitrogens with one attached hydrogen (secondary N) is 2. The van der Waals surface area contributed by atoms with E-state index in [1.165, 1.54) is 12.1 Å². The number of carbonyl (C=O) groups excluding carboxylic acids is 2. The van der Waals surface area contributed by atoms with Gasteiger partial charge < -0.3 is 15.7 Å². The van der Waals surface area contributed by atoms with Gasteiger partial charge in [-0.1, -0.05) is 0 Å². The van der Waals surface area contributed by atoms with Crippen molar-refractivity contribution in [2.24, 2.45) is 0 Å². The Balaban J connectivity index is 1.94. The molecule has 0 radical (unpaired) electrons. The highest BCUT2D eigenvalue weighted by molar-refractivity contribution is 5.95. The van der Waals surface area contributed by atoms with Crippen molar-refractivity contribution in [3.63, 3.8) is 0 Å².